The van der Waals surface area contributed by atoms with Gasteiger partial charge in [-0.2, -0.15) is 0 Å². The lowest BCUT2D eigenvalue weighted by Crippen LogP contribution is -2.39. The maximum Gasteiger partial charge on any atom is 0.332 e. The minimum atomic E-state index is -0.414. The molecule has 2 aromatic heterocycles. The Balaban J connectivity index is 2.83. The van der Waals surface area contributed by atoms with Gasteiger partial charge >= 0.3 is 5.69 Å². The lowest BCUT2D eigenvalue weighted by Gasteiger charge is -2.12. The van der Waals surface area contributed by atoms with E-state index in [1.54, 1.807) is 13.1 Å². The lowest BCUT2D eigenvalue weighted by atomic mass is 10.3. The maximum absolute atomic E-state index is 12.5. The van der Waals surface area contributed by atoms with Gasteiger partial charge in [0, 0.05) is 19.8 Å². The molecule has 0 spiro atoms. The smallest absolute Gasteiger partial charge is 0.332 e. The van der Waals surface area contributed by atoms with Gasteiger partial charge in [0.25, 0.3) is 5.56 Å². The summed E-state index contributed by atoms with van der Waals surface area (Å²) in [6.07, 6.45) is 3.87. The summed E-state index contributed by atoms with van der Waals surface area (Å²) in [5, 5.41) is 0.324. The van der Waals surface area contributed by atoms with Crippen LogP contribution in [0.5, 0.6) is 5.75 Å². The maximum atomic E-state index is 12.5. The van der Waals surface area contributed by atoms with E-state index in [0.717, 1.165) is 11.0 Å². The lowest BCUT2D eigenvalue weighted by molar-refractivity contribution is 0.320. The standard InChI is InChI=1S/C14H17N3O3/c1-4-8-17-13(18)11-10(20-9-5-2)6-7-15-12(11)16(3)14(17)19/h4,6-7H,1,5,8-9H2,2-3H3. The fraction of sp³-hybridized carbons (Fsp3) is 0.357. The van der Waals surface area contributed by atoms with E-state index in [4.69, 9.17) is 4.74 Å². The van der Waals surface area contributed by atoms with Crippen molar-refractivity contribution in [2.45, 2.75) is 19.9 Å². The van der Waals surface area contributed by atoms with Crippen molar-refractivity contribution in [2.24, 2.45) is 7.05 Å². The van der Waals surface area contributed by atoms with Crippen molar-refractivity contribution in [1.29, 1.82) is 0 Å². The molecule has 0 aliphatic rings. The highest BCUT2D eigenvalue weighted by Crippen LogP contribution is 2.19. The van der Waals surface area contributed by atoms with Crippen LogP contribution in [0.1, 0.15) is 13.3 Å². The summed E-state index contributed by atoms with van der Waals surface area (Å²) in [5.74, 6) is 0.454. The third kappa shape index (κ3) is 2.24. The van der Waals surface area contributed by atoms with Gasteiger partial charge in [0.05, 0.1) is 6.61 Å². The molecule has 0 N–H and O–H groups in total. The van der Waals surface area contributed by atoms with Gasteiger partial charge < -0.3 is 4.74 Å². The zero-order valence-corrected chi connectivity index (χ0v) is 11.6. The molecule has 6 heteroatoms. The average molecular weight is 275 g/mol. The predicted molar refractivity (Wildman–Crippen MR) is 77.2 cm³/mol. The highest BCUT2D eigenvalue weighted by molar-refractivity contribution is 5.80. The molecule has 0 saturated heterocycles. The highest BCUT2D eigenvalue weighted by Gasteiger charge is 2.15. The summed E-state index contributed by atoms with van der Waals surface area (Å²) in [6.45, 7) is 6.21. The molecule has 0 aromatic carbocycles. The SMILES string of the molecule is C=CCn1c(=O)c2c(OCCC)ccnc2n(C)c1=O. The monoisotopic (exact) mass is 275 g/mol. The first kappa shape index (κ1) is 14.0. The predicted octanol–water partition coefficient (Wildman–Crippen LogP) is 1.07. The normalized spacial score (nSPS) is 10.7. The summed E-state index contributed by atoms with van der Waals surface area (Å²) >= 11 is 0. The molecule has 0 unspecified atom stereocenters. The molecular formula is C14H17N3O3. The fourth-order valence-corrected chi connectivity index (χ4v) is 2.00. The van der Waals surface area contributed by atoms with Gasteiger partial charge in [-0.05, 0) is 12.5 Å². The molecule has 6 nitrogen and oxygen atoms in total. The fourth-order valence-electron chi connectivity index (χ4n) is 2.00. The number of nitrogens with zero attached hydrogens (tertiary/aromatic N) is 3. The van der Waals surface area contributed by atoms with Crippen LogP contribution in [0.25, 0.3) is 11.0 Å². The zero-order valence-electron chi connectivity index (χ0n) is 11.6. The highest BCUT2D eigenvalue weighted by atomic mass is 16.5. The summed E-state index contributed by atoms with van der Waals surface area (Å²) in [7, 11) is 1.58. The first-order chi connectivity index (χ1) is 9.61. The largest absolute Gasteiger partial charge is 0.493 e. The van der Waals surface area contributed by atoms with Crippen molar-refractivity contribution in [3.8, 4) is 5.75 Å². The number of fused-ring (bicyclic) bond motifs is 1. The molecule has 2 aromatic rings. The molecule has 0 saturated carbocycles. The van der Waals surface area contributed by atoms with Gasteiger partial charge in [0.15, 0.2) is 5.65 Å². The van der Waals surface area contributed by atoms with Gasteiger partial charge in [-0.25, -0.2) is 9.78 Å². The van der Waals surface area contributed by atoms with E-state index in [1.165, 1.54) is 16.8 Å². The molecule has 0 amide bonds. The van der Waals surface area contributed by atoms with Crippen LogP contribution in [0.3, 0.4) is 0 Å². The third-order valence-corrected chi connectivity index (χ3v) is 2.96. The quantitative estimate of drug-likeness (QED) is 0.766. The Morgan fingerprint density at radius 2 is 2.20 bits per heavy atom. The van der Waals surface area contributed by atoms with E-state index in [-0.39, 0.29) is 6.54 Å². The number of hydrogen-bond donors (Lipinski definition) is 0. The Morgan fingerprint density at radius 3 is 2.85 bits per heavy atom. The summed E-state index contributed by atoms with van der Waals surface area (Å²) in [4.78, 5) is 28.7. The molecule has 0 fully saturated rings. The molecule has 0 aliphatic carbocycles. The Hall–Kier alpha value is -2.37. The topological polar surface area (TPSA) is 66.1 Å². The molecule has 20 heavy (non-hydrogen) atoms. The molecule has 0 bridgehead atoms. The second kappa shape index (κ2) is 5.73. The number of rotatable bonds is 5. The van der Waals surface area contributed by atoms with Crippen molar-refractivity contribution < 1.29 is 4.74 Å². The molecule has 0 atom stereocenters. The number of pyridine rings is 1. The number of aryl methyl sites for hydroxylation is 1. The molecular weight excluding hydrogens is 258 g/mol. The van der Waals surface area contributed by atoms with E-state index >= 15 is 0 Å². The van der Waals surface area contributed by atoms with E-state index in [0.29, 0.717) is 23.4 Å². The third-order valence-electron chi connectivity index (χ3n) is 2.96. The van der Waals surface area contributed by atoms with Crippen LogP contribution in [0.15, 0.2) is 34.5 Å². The minimum Gasteiger partial charge on any atom is -0.493 e. The van der Waals surface area contributed by atoms with Gasteiger partial charge in [-0.15, -0.1) is 6.58 Å². The Kier molecular flexibility index (Phi) is 4.02. The van der Waals surface area contributed by atoms with Crippen LogP contribution in [-0.4, -0.2) is 20.7 Å². The van der Waals surface area contributed by atoms with E-state index in [1.807, 2.05) is 6.92 Å². The van der Waals surface area contributed by atoms with Crippen LogP contribution in [0.4, 0.5) is 0 Å². The number of aromatic nitrogens is 3. The zero-order chi connectivity index (χ0) is 14.7. The van der Waals surface area contributed by atoms with Crippen LogP contribution in [0, 0.1) is 0 Å². The first-order valence-corrected chi connectivity index (χ1v) is 6.44. The Morgan fingerprint density at radius 1 is 1.45 bits per heavy atom. The molecule has 2 heterocycles. The number of allylic oxidation sites excluding steroid dienone is 1. The van der Waals surface area contributed by atoms with E-state index in [2.05, 4.69) is 11.6 Å². The number of ether oxygens (including phenoxy) is 1. The van der Waals surface area contributed by atoms with Crippen LogP contribution in [-0.2, 0) is 13.6 Å². The van der Waals surface area contributed by atoms with Crippen molar-refractivity contribution >= 4 is 11.0 Å². The first-order valence-electron chi connectivity index (χ1n) is 6.44. The molecule has 0 radical (unpaired) electrons. The van der Waals surface area contributed by atoms with Gasteiger partial charge in [0.1, 0.15) is 11.1 Å². The van der Waals surface area contributed by atoms with Crippen molar-refractivity contribution in [1.82, 2.24) is 14.1 Å². The van der Waals surface area contributed by atoms with Gasteiger partial charge in [-0.1, -0.05) is 13.0 Å². The number of hydrogen-bond acceptors (Lipinski definition) is 4. The molecule has 2 rings (SSSR count). The summed E-state index contributed by atoms with van der Waals surface area (Å²) in [6, 6.07) is 1.64. The van der Waals surface area contributed by atoms with Crippen LogP contribution < -0.4 is 16.0 Å². The molecule has 106 valence electrons. The Labute approximate surface area is 115 Å². The van der Waals surface area contributed by atoms with Gasteiger partial charge in [-0.3, -0.25) is 13.9 Å². The van der Waals surface area contributed by atoms with Crippen LogP contribution >= 0.6 is 0 Å². The van der Waals surface area contributed by atoms with Crippen LogP contribution in [0.2, 0.25) is 0 Å². The van der Waals surface area contributed by atoms with Crippen molar-refractivity contribution in [3.63, 3.8) is 0 Å². The second-order valence-corrected chi connectivity index (χ2v) is 4.40. The molecule has 0 aliphatic heterocycles. The van der Waals surface area contributed by atoms with E-state index in [9.17, 15) is 9.59 Å². The minimum absolute atomic E-state index is 0.156. The summed E-state index contributed by atoms with van der Waals surface area (Å²) in [5.41, 5.74) is -0.487. The second-order valence-electron chi connectivity index (χ2n) is 4.40. The average Bonchev–Trinajstić information content (AvgIpc) is 2.46. The Bertz CT molecular complexity index is 759. The van der Waals surface area contributed by atoms with Gasteiger partial charge in [0.2, 0.25) is 0 Å². The summed E-state index contributed by atoms with van der Waals surface area (Å²) < 4.78 is 8.05. The van der Waals surface area contributed by atoms with Crippen molar-refractivity contribution in [3.05, 3.63) is 45.8 Å². The van der Waals surface area contributed by atoms with Crippen molar-refractivity contribution in [2.75, 3.05) is 6.61 Å². The van der Waals surface area contributed by atoms with E-state index < -0.39 is 11.2 Å².